The molecule has 0 bridgehead atoms. The van der Waals surface area contributed by atoms with Gasteiger partial charge in [-0.15, -0.1) is 0 Å². The number of ether oxygens (including phenoxy) is 1. The SMILES string of the molecule is CCC(=O)N(c1ccccc1OC)C(C)(Cc1cccc(Cl)c1)C(=O)C(N)=O. The Bertz CT molecular complexity index is 899. The second-order valence-corrected chi connectivity index (χ2v) is 6.96. The fraction of sp³-hybridized carbons (Fsp3) is 0.286. The molecule has 0 aliphatic rings. The van der Waals surface area contributed by atoms with Crippen molar-refractivity contribution in [1.29, 1.82) is 0 Å². The van der Waals surface area contributed by atoms with E-state index in [1.807, 2.05) is 0 Å². The van der Waals surface area contributed by atoms with Crippen molar-refractivity contribution in [3.05, 3.63) is 59.1 Å². The summed E-state index contributed by atoms with van der Waals surface area (Å²) in [5.74, 6) is -1.93. The van der Waals surface area contributed by atoms with Gasteiger partial charge in [0.1, 0.15) is 11.3 Å². The lowest BCUT2D eigenvalue weighted by Gasteiger charge is -2.40. The molecule has 0 aliphatic heterocycles. The van der Waals surface area contributed by atoms with E-state index in [2.05, 4.69) is 0 Å². The maximum Gasteiger partial charge on any atom is 0.287 e. The molecule has 0 aliphatic carbocycles. The van der Waals surface area contributed by atoms with Crippen molar-refractivity contribution in [2.24, 2.45) is 5.73 Å². The number of benzene rings is 2. The lowest BCUT2D eigenvalue weighted by atomic mass is 9.85. The van der Waals surface area contributed by atoms with Crippen LogP contribution >= 0.6 is 11.6 Å². The van der Waals surface area contributed by atoms with Crippen LogP contribution < -0.4 is 15.4 Å². The van der Waals surface area contributed by atoms with E-state index in [0.29, 0.717) is 22.0 Å². The summed E-state index contributed by atoms with van der Waals surface area (Å²) in [6, 6.07) is 13.7. The minimum Gasteiger partial charge on any atom is -0.495 e. The van der Waals surface area contributed by atoms with Gasteiger partial charge in [0.2, 0.25) is 11.7 Å². The van der Waals surface area contributed by atoms with Gasteiger partial charge in [-0.05, 0) is 36.8 Å². The van der Waals surface area contributed by atoms with Crippen molar-refractivity contribution in [1.82, 2.24) is 0 Å². The molecule has 2 rings (SSSR count). The number of primary amides is 1. The number of anilines is 1. The van der Waals surface area contributed by atoms with E-state index in [9.17, 15) is 14.4 Å². The maximum absolute atomic E-state index is 13.0. The van der Waals surface area contributed by atoms with Crippen molar-refractivity contribution >= 4 is 34.9 Å². The third-order valence-corrected chi connectivity index (χ3v) is 4.76. The number of carbonyl (C=O) groups is 3. The normalized spacial score (nSPS) is 12.7. The van der Waals surface area contributed by atoms with Gasteiger partial charge in [0, 0.05) is 17.9 Å². The highest BCUT2D eigenvalue weighted by Crippen LogP contribution is 2.36. The Morgan fingerprint density at radius 3 is 2.39 bits per heavy atom. The first kappa shape index (κ1) is 21.4. The summed E-state index contributed by atoms with van der Waals surface area (Å²) < 4.78 is 5.38. The number of Topliss-reactive ketones (excluding diaryl/α,β-unsaturated/α-hetero) is 1. The molecule has 2 amide bonds. The molecule has 2 aromatic rings. The summed E-state index contributed by atoms with van der Waals surface area (Å²) >= 11 is 6.07. The molecule has 1 atom stereocenters. The van der Waals surface area contributed by atoms with Crippen molar-refractivity contribution in [3.8, 4) is 5.75 Å². The molecule has 6 nitrogen and oxygen atoms in total. The van der Waals surface area contributed by atoms with Gasteiger partial charge in [0.15, 0.2) is 0 Å². The molecule has 7 heteroatoms. The minimum atomic E-state index is -1.56. The lowest BCUT2D eigenvalue weighted by molar-refractivity contribution is -0.139. The largest absolute Gasteiger partial charge is 0.495 e. The molecule has 0 heterocycles. The molecule has 0 saturated carbocycles. The molecule has 148 valence electrons. The number of carbonyl (C=O) groups excluding carboxylic acids is 3. The number of methoxy groups -OCH3 is 1. The van der Waals surface area contributed by atoms with Crippen LogP contribution in [0.4, 0.5) is 5.69 Å². The number of ketones is 1. The number of nitrogens with two attached hydrogens (primary N) is 1. The molecular formula is C21H23ClN2O4. The minimum absolute atomic E-state index is 0.0547. The van der Waals surface area contributed by atoms with Crippen LogP contribution in [0.2, 0.25) is 5.02 Å². The smallest absolute Gasteiger partial charge is 0.287 e. The quantitative estimate of drug-likeness (QED) is 0.687. The third-order valence-electron chi connectivity index (χ3n) is 4.52. The van der Waals surface area contributed by atoms with Gasteiger partial charge in [-0.2, -0.15) is 0 Å². The highest BCUT2D eigenvalue weighted by molar-refractivity contribution is 6.40. The van der Waals surface area contributed by atoms with Crippen LogP contribution in [0.3, 0.4) is 0 Å². The van der Waals surface area contributed by atoms with Gasteiger partial charge in [0.05, 0.1) is 12.8 Å². The highest BCUT2D eigenvalue weighted by Gasteiger charge is 2.45. The van der Waals surface area contributed by atoms with Crippen molar-refractivity contribution in [3.63, 3.8) is 0 Å². The first-order chi connectivity index (χ1) is 13.2. The van der Waals surface area contributed by atoms with Crippen LogP contribution in [0, 0.1) is 0 Å². The highest BCUT2D eigenvalue weighted by atomic mass is 35.5. The number of rotatable bonds is 8. The first-order valence-corrected chi connectivity index (χ1v) is 9.17. The molecule has 0 radical (unpaired) electrons. The molecule has 0 saturated heterocycles. The van der Waals surface area contributed by atoms with Crippen LogP contribution in [-0.4, -0.2) is 30.2 Å². The van der Waals surface area contributed by atoms with E-state index in [4.69, 9.17) is 22.1 Å². The van der Waals surface area contributed by atoms with Crippen LogP contribution in [0.5, 0.6) is 5.75 Å². The van der Waals surface area contributed by atoms with E-state index >= 15 is 0 Å². The fourth-order valence-corrected chi connectivity index (χ4v) is 3.43. The van der Waals surface area contributed by atoms with Crippen molar-refractivity contribution < 1.29 is 19.1 Å². The summed E-state index contributed by atoms with van der Waals surface area (Å²) in [6.07, 6.45) is 0.175. The Kier molecular flexibility index (Phi) is 6.80. The number of nitrogens with zero attached hydrogens (tertiary/aromatic N) is 1. The first-order valence-electron chi connectivity index (χ1n) is 8.79. The summed E-state index contributed by atoms with van der Waals surface area (Å²) in [5, 5.41) is 0.483. The van der Waals surface area contributed by atoms with Gasteiger partial charge in [0.25, 0.3) is 5.91 Å². The monoisotopic (exact) mass is 402 g/mol. The zero-order chi connectivity index (χ0) is 20.9. The van der Waals surface area contributed by atoms with E-state index in [1.165, 1.54) is 18.9 Å². The van der Waals surface area contributed by atoms with Crippen LogP contribution in [0.15, 0.2) is 48.5 Å². The number of para-hydroxylation sites is 2. The molecule has 28 heavy (non-hydrogen) atoms. The fourth-order valence-electron chi connectivity index (χ4n) is 3.22. The summed E-state index contributed by atoms with van der Waals surface area (Å²) in [4.78, 5) is 39.1. The predicted molar refractivity (Wildman–Crippen MR) is 109 cm³/mol. The zero-order valence-corrected chi connectivity index (χ0v) is 16.8. The van der Waals surface area contributed by atoms with Gasteiger partial charge in [-0.25, -0.2) is 0 Å². The van der Waals surface area contributed by atoms with Gasteiger partial charge in [-0.3, -0.25) is 19.3 Å². The van der Waals surface area contributed by atoms with Gasteiger partial charge < -0.3 is 10.5 Å². The van der Waals surface area contributed by atoms with E-state index in [1.54, 1.807) is 55.5 Å². The Balaban J connectivity index is 2.70. The molecule has 0 spiro atoms. The Hall–Kier alpha value is -2.86. The molecule has 2 aromatic carbocycles. The van der Waals surface area contributed by atoms with E-state index in [-0.39, 0.29) is 18.7 Å². The van der Waals surface area contributed by atoms with Crippen LogP contribution in [0.1, 0.15) is 25.8 Å². The topological polar surface area (TPSA) is 89.7 Å². The van der Waals surface area contributed by atoms with E-state index in [0.717, 1.165) is 0 Å². The summed E-state index contributed by atoms with van der Waals surface area (Å²) in [7, 11) is 1.47. The second-order valence-electron chi connectivity index (χ2n) is 6.53. The summed E-state index contributed by atoms with van der Waals surface area (Å²) in [6.45, 7) is 3.21. The number of hydrogen-bond donors (Lipinski definition) is 1. The number of hydrogen-bond acceptors (Lipinski definition) is 4. The molecule has 0 aromatic heterocycles. The van der Waals surface area contributed by atoms with Crippen molar-refractivity contribution in [2.75, 3.05) is 12.0 Å². The lowest BCUT2D eigenvalue weighted by Crippen LogP contribution is -2.60. The van der Waals surface area contributed by atoms with Crippen molar-refractivity contribution in [2.45, 2.75) is 32.2 Å². The molecule has 2 N–H and O–H groups in total. The standard InChI is InChI=1S/C21H23ClN2O4/c1-4-18(25)24(16-10-5-6-11-17(16)28-3)21(2,19(26)20(23)27)13-14-8-7-9-15(22)12-14/h5-12H,4,13H2,1-3H3,(H2,23,27). The molecular weight excluding hydrogens is 380 g/mol. The number of halogens is 1. The number of amides is 2. The van der Waals surface area contributed by atoms with Gasteiger partial charge >= 0.3 is 0 Å². The second kappa shape index (κ2) is 8.89. The average molecular weight is 403 g/mol. The molecule has 1 unspecified atom stereocenters. The molecule has 0 fully saturated rings. The Morgan fingerprint density at radius 1 is 1.14 bits per heavy atom. The maximum atomic E-state index is 13.0. The predicted octanol–water partition coefficient (Wildman–Crippen LogP) is 3.15. The summed E-state index contributed by atoms with van der Waals surface area (Å²) in [5.41, 5.74) is 4.87. The van der Waals surface area contributed by atoms with Gasteiger partial charge in [-0.1, -0.05) is 42.8 Å². The third kappa shape index (κ3) is 4.34. The van der Waals surface area contributed by atoms with Crippen LogP contribution in [-0.2, 0) is 20.8 Å². The Labute approximate surface area is 169 Å². The Morgan fingerprint density at radius 2 is 1.82 bits per heavy atom. The van der Waals surface area contributed by atoms with Crippen LogP contribution in [0.25, 0.3) is 0 Å². The zero-order valence-electron chi connectivity index (χ0n) is 16.1. The van der Waals surface area contributed by atoms with E-state index < -0.39 is 17.2 Å². The average Bonchev–Trinajstić information content (AvgIpc) is 2.67.